The van der Waals surface area contributed by atoms with Crippen molar-refractivity contribution in [3.8, 4) is 5.75 Å². The quantitative estimate of drug-likeness (QED) is 0.831. The van der Waals surface area contributed by atoms with Crippen molar-refractivity contribution in [2.24, 2.45) is 0 Å². The zero-order chi connectivity index (χ0) is 17.7. The second kappa shape index (κ2) is 7.63. The Balaban J connectivity index is 1.78. The highest BCUT2D eigenvalue weighted by atomic mass is 32.1. The monoisotopic (exact) mass is 360 g/mol. The van der Waals surface area contributed by atoms with Crippen LogP contribution in [0.1, 0.15) is 20.9 Å². The van der Waals surface area contributed by atoms with Crippen LogP contribution in [0.15, 0.2) is 29.8 Å². The summed E-state index contributed by atoms with van der Waals surface area (Å²) in [6, 6.07) is 4.15. The first-order valence-electron chi connectivity index (χ1n) is 6.94. The number of thiazole rings is 1. The van der Waals surface area contributed by atoms with Crippen LogP contribution in [-0.2, 0) is 6.18 Å². The highest BCUT2D eigenvalue weighted by molar-refractivity contribution is 7.11. The zero-order valence-electron chi connectivity index (χ0n) is 12.6. The van der Waals surface area contributed by atoms with E-state index in [-0.39, 0.29) is 24.8 Å². The van der Waals surface area contributed by atoms with Crippen LogP contribution in [0, 0.1) is 6.92 Å². The normalized spacial score (nSPS) is 12.7. The molecule has 1 atom stereocenters. The van der Waals surface area contributed by atoms with Crippen molar-refractivity contribution in [2.75, 3.05) is 13.2 Å². The van der Waals surface area contributed by atoms with Crippen molar-refractivity contribution in [3.63, 3.8) is 0 Å². The number of hydrogen-bond acceptors (Lipinski definition) is 5. The molecule has 1 amide bonds. The minimum Gasteiger partial charge on any atom is -0.491 e. The summed E-state index contributed by atoms with van der Waals surface area (Å²) < 4.78 is 42.5. The number of hydrogen-bond donors (Lipinski definition) is 2. The summed E-state index contributed by atoms with van der Waals surface area (Å²) in [6.07, 6.45) is -5.40. The van der Waals surface area contributed by atoms with Crippen LogP contribution in [0.25, 0.3) is 0 Å². The molecular formula is C15H15F3N2O3S. The molecule has 0 spiro atoms. The summed E-state index contributed by atoms with van der Waals surface area (Å²) in [4.78, 5) is 16.3. The Morgan fingerprint density at radius 2 is 2.04 bits per heavy atom. The fourth-order valence-corrected chi connectivity index (χ4v) is 2.52. The van der Waals surface area contributed by atoms with Gasteiger partial charge in [0.25, 0.3) is 5.91 Å². The summed E-state index contributed by atoms with van der Waals surface area (Å²) >= 11 is 1.19. The van der Waals surface area contributed by atoms with E-state index in [9.17, 15) is 23.1 Å². The van der Waals surface area contributed by atoms with Gasteiger partial charge in [-0.3, -0.25) is 4.79 Å². The van der Waals surface area contributed by atoms with Gasteiger partial charge in [0.1, 0.15) is 23.3 Å². The van der Waals surface area contributed by atoms with E-state index in [0.29, 0.717) is 10.6 Å². The number of halogens is 3. The van der Waals surface area contributed by atoms with Crippen molar-refractivity contribution in [1.82, 2.24) is 10.3 Å². The maximum atomic E-state index is 12.4. The number of aliphatic hydroxyl groups excluding tert-OH is 1. The van der Waals surface area contributed by atoms with E-state index < -0.39 is 17.8 Å². The van der Waals surface area contributed by atoms with Crippen LogP contribution in [-0.4, -0.2) is 35.3 Å². The second-order valence-corrected chi connectivity index (χ2v) is 5.82. The number of carbonyl (C=O) groups excluding carboxylic acids is 1. The minimum atomic E-state index is -4.41. The first-order chi connectivity index (χ1) is 11.3. The van der Waals surface area contributed by atoms with Crippen molar-refractivity contribution < 1.29 is 27.8 Å². The lowest BCUT2D eigenvalue weighted by Gasteiger charge is -2.14. The van der Waals surface area contributed by atoms with Crippen molar-refractivity contribution >= 4 is 17.2 Å². The number of amides is 1. The number of benzene rings is 1. The molecule has 0 saturated carbocycles. The Kier molecular flexibility index (Phi) is 5.79. The molecule has 130 valence electrons. The van der Waals surface area contributed by atoms with E-state index in [1.807, 2.05) is 0 Å². The average molecular weight is 360 g/mol. The van der Waals surface area contributed by atoms with Crippen LogP contribution >= 0.6 is 11.3 Å². The van der Waals surface area contributed by atoms with Crippen LogP contribution in [0.5, 0.6) is 5.75 Å². The lowest BCUT2D eigenvalue weighted by atomic mass is 10.2. The number of aliphatic hydroxyl groups is 1. The lowest BCUT2D eigenvalue weighted by Crippen LogP contribution is -2.35. The molecule has 9 heteroatoms. The molecule has 2 rings (SSSR count). The molecule has 0 aliphatic heterocycles. The molecule has 1 aromatic heterocycles. The van der Waals surface area contributed by atoms with Crippen molar-refractivity contribution in [1.29, 1.82) is 0 Å². The van der Waals surface area contributed by atoms with Gasteiger partial charge < -0.3 is 15.2 Å². The topological polar surface area (TPSA) is 71.5 Å². The van der Waals surface area contributed by atoms with Gasteiger partial charge in [-0.05, 0) is 31.2 Å². The third-order valence-corrected chi connectivity index (χ3v) is 4.00. The van der Waals surface area contributed by atoms with E-state index in [4.69, 9.17) is 4.74 Å². The molecule has 1 heterocycles. The fourth-order valence-electron chi connectivity index (χ4n) is 1.80. The molecule has 5 nitrogen and oxygen atoms in total. The highest BCUT2D eigenvalue weighted by Gasteiger charge is 2.30. The van der Waals surface area contributed by atoms with E-state index in [1.54, 1.807) is 12.4 Å². The number of nitrogens with zero attached hydrogens (tertiary/aromatic N) is 1. The number of nitrogens with one attached hydrogen (secondary N) is 1. The number of aryl methyl sites for hydroxylation is 1. The van der Waals surface area contributed by atoms with Crippen LogP contribution < -0.4 is 10.1 Å². The van der Waals surface area contributed by atoms with Crippen LogP contribution in [0.4, 0.5) is 13.2 Å². The van der Waals surface area contributed by atoms with E-state index >= 15 is 0 Å². The summed E-state index contributed by atoms with van der Waals surface area (Å²) in [5.41, 5.74) is 1.38. The second-order valence-electron chi connectivity index (χ2n) is 4.96. The molecule has 0 bridgehead atoms. The molecule has 24 heavy (non-hydrogen) atoms. The molecule has 0 fully saturated rings. The Hall–Kier alpha value is -2.13. The van der Waals surface area contributed by atoms with Crippen LogP contribution in [0.2, 0.25) is 0 Å². The fraction of sp³-hybridized carbons (Fsp3) is 0.333. The van der Waals surface area contributed by atoms with Gasteiger partial charge in [0.05, 0.1) is 16.8 Å². The molecule has 1 aromatic carbocycles. The molecule has 0 aliphatic rings. The van der Waals surface area contributed by atoms with Crippen molar-refractivity contribution in [3.05, 3.63) is 45.9 Å². The number of ether oxygens (including phenoxy) is 1. The Morgan fingerprint density at radius 1 is 1.38 bits per heavy atom. The zero-order valence-corrected chi connectivity index (χ0v) is 13.4. The Bertz CT molecular complexity index is 686. The van der Waals surface area contributed by atoms with E-state index in [1.165, 1.54) is 23.5 Å². The van der Waals surface area contributed by atoms with Gasteiger partial charge in [-0.1, -0.05) is 0 Å². The standard InChI is InChI=1S/C15H15F3N2O3S/c1-9-13(24-8-20-9)14(22)19-6-11(21)7-23-12-4-2-10(3-5-12)15(16,17)18/h2-5,8,11,21H,6-7H2,1H3,(H,19,22). The maximum absolute atomic E-state index is 12.4. The smallest absolute Gasteiger partial charge is 0.416 e. The number of rotatable bonds is 6. The van der Waals surface area contributed by atoms with Gasteiger partial charge in [0, 0.05) is 6.54 Å². The molecule has 0 radical (unpaired) electrons. The third kappa shape index (κ3) is 4.93. The Morgan fingerprint density at radius 3 is 2.58 bits per heavy atom. The first-order valence-corrected chi connectivity index (χ1v) is 7.81. The summed E-state index contributed by atoms with van der Waals surface area (Å²) in [5.74, 6) is -0.143. The molecule has 0 aliphatic carbocycles. The molecular weight excluding hydrogens is 345 g/mol. The van der Waals surface area contributed by atoms with E-state index in [0.717, 1.165) is 12.1 Å². The lowest BCUT2D eigenvalue weighted by molar-refractivity contribution is -0.137. The summed E-state index contributed by atoms with van der Waals surface area (Å²) in [7, 11) is 0. The van der Waals surface area contributed by atoms with Gasteiger partial charge in [-0.2, -0.15) is 13.2 Å². The van der Waals surface area contributed by atoms with Crippen LogP contribution in [0.3, 0.4) is 0 Å². The van der Waals surface area contributed by atoms with Gasteiger partial charge in [-0.25, -0.2) is 4.98 Å². The SMILES string of the molecule is Cc1ncsc1C(=O)NCC(O)COc1ccc(C(F)(F)F)cc1. The summed E-state index contributed by atoms with van der Waals surface area (Å²) in [5, 5.41) is 12.3. The average Bonchev–Trinajstić information content (AvgIpc) is 2.96. The van der Waals surface area contributed by atoms with Gasteiger partial charge in [0.2, 0.25) is 0 Å². The summed E-state index contributed by atoms with van der Waals surface area (Å²) in [6.45, 7) is 1.50. The van der Waals surface area contributed by atoms with Gasteiger partial charge >= 0.3 is 6.18 Å². The highest BCUT2D eigenvalue weighted by Crippen LogP contribution is 2.30. The third-order valence-electron chi connectivity index (χ3n) is 3.07. The molecule has 1 unspecified atom stereocenters. The largest absolute Gasteiger partial charge is 0.491 e. The predicted molar refractivity (Wildman–Crippen MR) is 82.1 cm³/mol. The predicted octanol–water partition coefficient (Wildman–Crippen LogP) is 2.64. The molecule has 0 saturated heterocycles. The van der Waals surface area contributed by atoms with Gasteiger partial charge in [-0.15, -0.1) is 11.3 Å². The minimum absolute atomic E-state index is 0.0448. The number of aromatic nitrogens is 1. The van der Waals surface area contributed by atoms with E-state index in [2.05, 4.69) is 10.3 Å². The van der Waals surface area contributed by atoms with Crippen molar-refractivity contribution in [2.45, 2.75) is 19.2 Å². The number of carbonyl (C=O) groups is 1. The number of alkyl halides is 3. The molecule has 2 N–H and O–H groups in total. The molecule has 2 aromatic rings. The first kappa shape index (κ1) is 18.2. The maximum Gasteiger partial charge on any atom is 0.416 e. The van der Waals surface area contributed by atoms with Gasteiger partial charge in [0.15, 0.2) is 0 Å². The Labute approximate surface area is 140 Å².